The van der Waals surface area contributed by atoms with E-state index in [-0.39, 0.29) is 35.7 Å². The Morgan fingerprint density at radius 3 is 2.68 bits per heavy atom. The van der Waals surface area contributed by atoms with Gasteiger partial charge in [-0.05, 0) is 30.0 Å². The second kappa shape index (κ2) is 8.39. The SMILES string of the molecule is CC(=O)Nc1cc(F)c(Cl)c2c1C(=O)[C@@H](NC(=O)OCc1ccccc1)CC2. The monoisotopic (exact) mass is 404 g/mol. The molecule has 8 heteroatoms. The first-order chi connectivity index (χ1) is 13.4. The number of hydrogen-bond acceptors (Lipinski definition) is 4. The van der Waals surface area contributed by atoms with Gasteiger partial charge < -0.3 is 15.4 Å². The molecule has 6 nitrogen and oxygen atoms in total. The minimum Gasteiger partial charge on any atom is -0.445 e. The Kier molecular flexibility index (Phi) is 5.94. The van der Waals surface area contributed by atoms with Crippen molar-refractivity contribution in [1.29, 1.82) is 0 Å². The number of amides is 2. The predicted molar refractivity (Wildman–Crippen MR) is 102 cm³/mol. The van der Waals surface area contributed by atoms with Crippen LogP contribution in [0.3, 0.4) is 0 Å². The molecule has 0 bridgehead atoms. The maximum atomic E-state index is 14.0. The van der Waals surface area contributed by atoms with E-state index in [1.165, 1.54) is 6.92 Å². The summed E-state index contributed by atoms with van der Waals surface area (Å²) in [6, 6.07) is 9.27. The summed E-state index contributed by atoms with van der Waals surface area (Å²) in [7, 11) is 0. The normalized spacial score (nSPS) is 15.5. The number of carbonyl (C=O) groups is 3. The molecular formula is C20H18ClFN2O4. The van der Waals surface area contributed by atoms with Crippen LogP contribution in [0.2, 0.25) is 5.02 Å². The largest absolute Gasteiger partial charge is 0.445 e. The number of rotatable bonds is 4. The topological polar surface area (TPSA) is 84.5 Å². The lowest BCUT2D eigenvalue weighted by Crippen LogP contribution is -2.44. The molecule has 0 radical (unpaired) electrons. The molecule has 0 aromatic heterocycles. The molecular weight excluding hydrogens is 387 g/mol. The first-order valence-electron chi connectivity index (χ1n) is 8.66. The number of anilines is 1. The summed E-state index contributed by atoms with van der Waals surface area (Å²) in [5.41, 5.74) is 1.29. The van der Waals surface area contributed by atoms with Crippen LogP contribution in [0, 0.1) is 5.82 Å². The third-order valence-electron chi connectivity index (χ3n) is 4.38. The Morgan fingerprint density at radius 2 is 2.00 bits per heavy atom. The van der Waals surface area contributed by atoms with Crippen LogP contribution >= 0.6 is 11.6 Å². The smallest absolute Gasteiger partial charge is 0.408 e. The van der Waals surface area contributed by atoms with Gasteiger partial charge >= 0.3 is 6.09 Å². The van der Waals surface area contributed by atoms with E-state index in [4.69, 9.17) is 16.3 Å². The van der Waals surface area contributed by atoms with Gasteiger partial charge in [-0.25, -0.2) is 9.18 Å². The Bertz CT molecular complexity index is 934. The van der Waals surface area contributed by atoms with Crippen LogP contribution in [0.25, 0.3) is 0 Å². The fourth-order valence-corrected chi connectivity index (χ4v) is 3.37. The van der Waals surface area contributed by atoms with Crippen molar-refractivity contribution in [3.8, 4) is 0 Å². The average molecular weight is 405 g/mol. The van der Waals surface area contributed by atoms with Crippen LogP contribution in [0.5, 0.6) is 0 Å². The maximum Gasteiger partial charge on any atom is 0.408 e. The molecule has 2 amide bonds. The fraction of sp³-hybridized carbons (Fsp3) is 0.250. The van der Waals surface area contributed by atoms with Crippen molar-refractivity contribution in [3.05, 3.63) is 63.9 Å². The van der Waals surface area contributed by atoms with E-state index in [0.29, 0.717) is 5.56 Å². The van der Waals surface area contributed by atoms with Crippen LogP contribution in [0.4, 0.5) is 14.9 Å². The quantitative estimate of drug-likeness (QED) is 0.810. The Morgan fingerprint density at radius 1 is 1.29 bits per heavy atom. The molecule has 0 aliphatic heterocycles. The van der Waals surface area contributed by atoms with E-state index in [9.17, 15) is 18.8 Å². The van der Waals surface area contributed by atoms with Gasteiger partial charge in [0.2, 0.25) is 5.91 Å². The van der Waals surface area contributed by atoms with Crippen molar-refractivity contribution in [2.45, 2.75) is 32.4 Å². The van der Waals surface area contributed by atoms with Gasteiger partial charge in [0, 0.05) is 12.5 Å². The van der Waals surface area contributed by atoms with E-state index in [1.807, 2.05) is 30.3 Å². The van der Waals surface area contributed by atoms with E-state index >= 15 is 0 Å². The minimum absolute atomic E-state index is 0.0403. The highest BCUT2D eigenvalue weighted by molar-refractivity contribution is 6.32. The molecule has 0 heterocycles. The average Bonchev–Trinajstić information content (AvgIpc) is 2.66. The van der Waals surface area contributed by atoms with Crippen LogP contribution in [0.15, 0.2) is 36.4 Å². The van der Waals surface area contributed by atoms with Crippen LogP contribution < -0.4 is 10.6 Å². The van der Waals surface area contributed by atoms with Gasteiger partial charge in [0.1, 0.15) is 12.4 Å². The fourth-order valence-electron chi connectivity index (χ4n) is 3.12. The van der Waals surface area contributed by atoms with Crippen molar-refractivity contribution >= 4 is 35.1 Å². The number of benzene rings is 2. The van der Waals surface area contributed by atoms with Gasteiger partial charge in [0.25, 0.3) is 0 Å². The molecule has 0 spiro atoms. The molecule has 0 unspecified atom stereocenters. The molecule has 3 rings (SSSR count). The molecule has 1 atom stereocenters. The highest BCUT2D eigenvalue weighted by atomic mass is 35.5. The summed E-state index contributed by atoms with van der Waals surface area (Å²) in [4.78, 5) is 36.4. The first kappa shape index (κ1) is 19.8. The zero-order valence-electron chi connectivity index (χ0n) is 15.1. The number of halogens is 2. The van der Waals surface area contributed by atoms with Gasteiger partial charge in [0.15, 0.2) is 5.78 Å². The van der Waals surface area contributed by atoms with Gasteiger partial charge in [-0.3, -0.25) is 9.59 Å². The van der Waals surface area contributed by atoms with Crippen molar-refractivity contribution in [3.63, 3.8) is 0 Å². The lowest BCUT2D eigenvalue weighted by atomic mass is 9.85. The van der Waals surface area contributed by atoms with Crippen molar-refractivity contribution in [1.82, 2.24) is 5.32 Å². The first-order valence-corrected chi connectivity index (χ1v) is 9.04. The summed E-state index contributed by atoms with van der Waals surface area (Å²) >= 11 is 6.00. The maximum absolute atomic E-state index is 14.0. The van der Waals surface area contributed by atoms with E-state index in [1.54, 1.807) is 0 Å². The van der Waals surface area contributed by atoms with Crippen molar-refractivity contribution < 1.29 is 23.5 Å². The number of nitrogens with one attached hydrogen (secondary N) is 2. The summed E-state index contributed by atoms with van der Waals surface area (Å²) < 4.78 is 19.2. The molecule has 2 aromatic rings. The van der Waals surface area contributed by atoms with Crippen LogP contribution in [-0.4, -0.2) is 23.8 Å². The molecule has 0 saturated heterocycles. The second-order valence-corrected chi connectivity index (χ2v) is 6.79. The molecule has 2 aromatic carbocycles. The van der Waals surface area contributed by atoms with Crippen molar-refractivity contribution in [2.75, 3.05) is 5.32 Å². The molecule has 1 aliphatic carbocycles. The number of ketones is 1. The van der Waals surface area contributed by atoms with Gasteiger partial charge in [-0.1, -0.05) is 41.9 Å². The van der Waals surface area contributed by atoms with Crippen molar-refractivity contribution in [2.24, 2.45) is 0 Å². The summed E-state index contributed by atoms with van der Waals surface area (Å²) in [5, 5.41) is 4.83. The van der Waals surface area contributed by atoms with Crippen LogP contribution in [-0.2, 0) is 22.6 Å². The predicted octanol–water partition coefficient (Wildman–Crippen LogP) is 3.86. The van der Waals surface area contributed by atoms with Gasteiger partial charge in [0.05, 0.1) is 16.8 Å². The van der Waals surface area contributed by atoms with E-state index in [2.05, 4.69) is 10.6 Å². The Balaban J connectivity index is 1.75. The highest BCUT2D eigenvalue weighted by Crippen LogP contribution is 2.35. The lowest BCUT2D eigenvalue weighted by Gasteiger charge is -2.26. The number of hydrogen-bond donors (Lipinski definition) is 2. The second-order valence-electron chi connectivity index (χ2n) is 6.42. The van der Waals surface area contributed by atoms with E-state index < -0.39 is 29.6 Å². The number of Topliss-reactive ketones (excluding diaryl/α,β-unsaturated/α-hetero) is 1. The summed E-state index contributed by atoms with van der Waals surface area (Å²) in [5.74, 6) is -1.62. The third kappa shape index (κ3) is 4.31. The molecule has 1 aliphatic rings. The summed E-state index contributed by atoms with van der Waals surface area (Å²) in [6.07, 6.45) is -0.219. The zero-order valence-corrected chi connectivity index (χ0v) is 15.8. The molecule has 146 valence electrons. The molecule has 0 saturated carbocycles. The Labute approximate surface area is 166 Å². The number of ether oxygens (including phenoxy) is 1. The number of fused-ring (bicyclic) bond motifs is 1. The number of carbonyl (C=O) groups excluding carboxylic acids is 3. The minimum atomic E-state index is -0.857. The third-order valence-corrected chi connectivity index (χ3v) is 4.79. The Hall–Kier alpha value is -2.93. The lowest BCUT2D eigenvalue weighted by molar-refractivity contribution is -0.114. The zero-order chi connectivity index (χ0) is 20.3. The van der Waals surface area contributed by atoms with Gasteiger partial charge in [-0.2, -0.15) is 0 Å². The van der Waals surface area contributed by atoms with Crippen LogP contribution in [0.1, 0.15) is 34.8 Å². The standard InChI is InChI=1S/C20H18ClFN2O4/c1-11(25)23-16-9-14(22)18(21)13-7-8-15(19(26)17(13)16)24-20(27)28-10-12-5-3-2-4-6-12/h2-6,9,15H,7-8,10H2,1H3,(H,23,25)(H,24,27)/t15-/m0/s1. The molecule has 0 fully saturated rings. The number of alkyl carbamates (subject to hydrolysis) is 1. The van der Waals surface area contributed by atoms with E-state index in [0.717, 1.165) is 11.6 Å². The van der Waals surface area contributed by atoms with Gasteiger partial charge in [-0.15, -0.1) is 0 Å². The molecule has 2 N–H and O–H groups in total. The summed E-state index contributed by atoms with van der Waals surface area (Å²) in [6.45, 7) is 1.32. The highest BCUT2D eigenvalue weighted by Gasteiger charge is 2.34. The molecule has 28 heavy (non-hydrogen) atoms.